The SMILES string of the molecule is COc1c(C2(C(=O)O)CC2)sc2sc(C#Cc3cnn(C)c3NC(=O)OC(C)c3ccccc3Cl)cc12. The molecule has 1 amide bonds. The van der Waals surface area contributed by atoms with Crippen LogP contribution in [0, 0.1) is 11.8 Å². The third-order valence-electron chi connectivity index (χ3n) is 6.25. The lowest BCUT2D eigenvalue weighted by molar-refractivity contribution is -0.139. The van der Waals surface area contributed by atoms with Crippen LogP contribution in [0.15, 0.2) is 36.5 Å². The summed E-state index contributed by atoms with van der Waals surface area (Å²) in [6, 6.07) is 9.09. The van der Waals surface area contributed by atoms with Crippen LogP contribution in [0.5, 0.6) is 5.75 Å². The van der Waals surface area contributed by atoms with E-state index in [9.17, 15) is 14.7 Å². The highest BCUT2D eigenvalue weighted by Crippen LogP contribution is 2.57. The van der Waals surface area contributed by atoms with Gasteiger partial charge >= 0.3 is 12.1 Å². The summed E-state index contributed by atoms with van der Waals surface area (Å²) < 4.78 is 13.6. The van der Waals surface area contributed by atoms with E-state index in [0.29, 0.717) is 40.6 Å². The minimum absolute atomic E-state index is 0.402. The number of anilines is 1. The van der Waals surface area contributed by atoms with Crippen LogP contribution < -0.4 is 10.1 Å². The molecule has 0 spiro atoms. The van der Waals surface area contributed by atoms with Crippen LogP contribution in [0.4, 0.5) is 10.6 Å². The topological polar surface area (TPSA) is 103 Å². The maximum atomic E-state index is 12.6. The van der Waals surface area contributed by atoms with Crippen molar-refractivity contribution in [1.29, 1.82) is 0 Å². The minimum Gasteiger partial charge on any atom is -0.495 e. The van der Waals surface area contributed by atoms with Gasteiger partial charge in [0.25, 0.3) is 0 Å². The van der Waals surface area contributed by atoms with E-state index in [1.54, 1.807) is 39.4 Å². The fraction of sp³-hybridized carbons (Fsp3) is 0.269. The van der Waals surface area contributed by atoms with E-state index in [4.69, 9.17) is 21.1 Å². The van der Waals surface area contributed by atoms with Crippen molar-refractivity contribution in [2.45, 2.75) is 31.3 Å². The molecule has 0 radical (unpaired) electrons. The number of hydrogen-bond acceptors (Lipinski definition) is 7. The summed E-state index contributed by atoms with van der Waals surface area (Å²) in [6.45, 7) is 1.74. The molecule has 4 aromatic rings. The third-order valence-corrected chi connectivity index (χ3v) is 9.12. The number of fused-ring (bicyclic) bond motifs is 1. The van der Waals surface area contributed by atoms with Gasteiger partial charge in [-0.15, -0.1) is 22.7 Å². The summed E-state index contributed by atoms with van der Waals surface area (Å²) in [5.74, 6) is 6.40. The highest BCUT2D eigenvalue weighted by molar-refractivity contribution is 7.39. The van der Waals surface area contributed by atoms with Crippen LogP contribution in [0.2, 0.25) is 5.02 Å². The van der Waals surface area contributed by atoms with Crippen molar-refractivity contribution in [2.75, 3.05) is 12.4 Å². The summed E-state index contributed by atoms with van der Waals surface area (Å²) in [5, 5.41) is 18.0. The van der Waals surface area contributed by atoms with Crippen LogP contribution in [-0.2, 0) is 22.0 Å². The lowest BCUT2D eigenvalue weighted by Gasteiger charge is -2.15. The molecule has 1 aliphatic carbocycles. The number of carboxylic acids is 1. The zero-order chi connectivity index (χ0) is 26.3. The Balaban J connectivity index is 1.35. The summed E-state index contributed by atoms with van der Waals surface area (Å²) >= 11 is 9.14. The first-order valence-corrected chi connectivity index (χ1v) is 13.3. The highest BCUT2D eigenvalue weighted by atomic mass is 35.5. The molecule has 1 aromatic carbocycles. The maximum absolute atomic E-state index is 12.6. The zero-order valence-corrected chi connectivity index (χ0v) is 22.5. The average molecular weight is 556 g/mol. The van der Waals surface area contributed by atoms with Gasteiger partial charge in [0.05, 0.1) is 32.6 Å². The van der Waals surface area contributed by atoms with Crippen molar-refractivity contribution in [1.82, 2.24) is 9.78 Å². The van der Waals surface area contributed by atoms with Crippen LogP contribution in [0.25, 0.3) is 9.40 Å². The van der Waals surface area contributed by atoms with Crippen LogP contribution in [0.1, 0.15) is 46.8 Å². The molecule has 1 atom stereocenters. The Hall–Kier alpha value is -3.52. The number of aromatic nitrogens is 2. The molecule has 8 nitrogen and oxygen atoms in total. The van der Waals surface area contributed by atoms with Crippen molar-refractivity contribution in [3.63, 3.8) is 0 Å². The molecule has 1 unspecified atom stereocenters. The van der Waals surface area contributed by atoms with Gasteiger partial charge in [-0.2, -0.15) is 5.10 Å². The van der Waals surface area contributed by atoms with Gasteiger partial charge in [-0.3, -0.25) is 14.8 Å². The summed E-state index contributed by atoms with van der Waals surface area (Å²) in [4.78, 5) is 26.0. The smallest absolute Gasteiger partial charge is 0.413 e. The number of rotatable bonds is 6. The number of carbonyl (C=O) groups is 2. The predicted molar refractivity (Wildman–Crippen MR) is 144 cm³/mol. The third kappa shape index (κ3) is 4.66. The van der Waals surface area contributed by atoms with E-state index in [1.165, 1.54) is 27.4 Å². The van der Waals surface area contributed by atoms with Crippen LogP contribution in [-0.4, -0.2) is 34.1 Å². The normalized spacial score (nSPS) is 14.5. The number of thiophene rings is 2. The number of carbonyl (C=O) groups excluding carboxylic acids is 1. The number of hydrogen-bond donors (Lipinski definition) is 2. The van der Waals surface area contributed by atoms with Crippen LogP contribution >= 0.6 is 34.3 Å². The van der Waals surface area contributed by atoms with E-state index in [-0.39, 0.29) is 0 Å². The summed E-state index contributed by atoms with van der Waals surface area (Å²) in [7, 11) is 3.26. The molecule has 190 valence electrons. The summed E-state index contributed by atoms with van der Waals surface area (Å²) in [6.07, 6.45) is 1.61. The molecular formula is C26H22ClN3O5S2. The van der Waals surface area contributed by atoms with Gasteiger partial charge in [0.2, 0.25) is 0 Å². The fourth-order valence-corrected chi connectivity index (χ4v) is 7.01. The maximum Gasteiger partial charge on any atom is 0.413 e. The quantitative estimate of drug-likeness (QED) is 0.275. The molecule has 3 aromatic heterocycles. The Bertz CT molecular complexity index is 1590. The standard InChI is InChI=1S/C26H22ClN3O5S2/c1-14(17-6-4-5-7-19(17)27)35-25(33)29-22-15(13-28-30(22)2)8-9-16-12-18-20(34-3)21(37-23(18)36-16)26(10-11-26)24(31)32/h4-7,12-14H,10-11H2,1-3H3,(H,29,33)(H,31,32). The molecule has 2 N–H and O–H groups in total. The second kappa shape index (κ2) is 9.74. The van der Waals surface area contributed by atoms with E-state index in [0.717, 1.165) is 19.2 Å². The first-order chi connectivity index (χ1) is 17.7. The van der Waals surface area contributed by atoms with E-state index in [2.05, 4.69) is 22.3 Å². The highest BCUT2D eigenvalue weighted by Gasteiger charge is 2.55. The second-order valence-electron chi connectivity index (χ2n) is 8.64. The van der Waals surface area contributed by atoms with Crippen molar-refractivity contribution in [2.24, 2.45) is 7.05 Å². The Labute approximate surface area is 225 Å². The number of amides is 1. The van der Waals surface area contributed by atoms with Gasteiger partial charge in [-0.05, 0) is 31.9 Å². The molecule has 1 aliphatic rings. The number of halogens is 1. The first kappa shape index (κ1) is 25.1. The van der Waals surface area contributed by atoms with Gasteiger partial charge in [-0.1, -0.05) is 41.6 Å². The number of methoxy groups -OCH3 is 1. The monoisotopic (exact) mass is 555 g/mol. The molecular weight excluding hydrogens is 534 g/mol. The second-order valence-corrected chi connectivity index (χ2v) is 11.4. The molecule has 1 fully saturated rings. The molecule has 0 saturated heterocycles. The Morgan fingerprint density at radius 3 is 2.70 bits per heavy atom. The number of aryl methyl sites for hydroxylation is 1. The van der Waals surface area contributed by atoms with E-state index in [1.807, 2.05) is 18.2 Å². The van der Waals surface area contributed by atoms with Crippen molar-refractivity contribution in [3.8, 4) is 17.6 Å². The summed E-state index contributed by atoms with van der Waals surface area (Å²) in [5.41, 5.74) is 0.406. The Morgan fingerprint density at radius 1 is 1.27 bits per heavy atom. The van der Waals surface area contributed by atoms with E-state index < -0.39 is 23.6 Å². The number of ether oxygens (including phenoxy) is 2. The van der Waals surface area contributed by atoms with Crippen molar-refractivity contribution < 1.29 is 24.2 Å². The molecule has 11 heteroatoms. The number of nitrogens with zero attached hydrogens (tertiary/aromatic N) is 2. The molecule has 0 aliphatic heterocycles. The van der Waals surface area contributed by atoms with Gasteiger partial charge in [0, 0.05) is 23.0 Å². The number of carboxylic acid groups (broad SMARTS) is 1. The lowest BCUT2D eigenvalue weighted by Crippen LogP contribution is -2.18. The number of aliphatic carboxylic acids is 1. The number of nitrogens with one attached hydrogen (secondary N) is 1. The van der Waals surface area contributed by atoms with Crippen LogP contribution in [0.3, 0.4) is 0 Å². The predicted octanol–water partition coefficient (Wildman–Crippen LogP) is 6.18. The molecule has 0 bridgehead atoms. The molecule has 3 heterocycles. The first-order valence-electron chi connectivity index (χ1n) is 11.3. The zero-order valence-electron chi connectivity index (χ0n) is 20.1. The fourth-order valence-electron chi connectivity index (χ4n) is 4.07. The molecule has 37 heavy (non-hydrogen) atoms. The van der Waals surface area contributed by atoms with E-state index >= 15 is 0 Å². The molecule has 5 rings (SSSR count). The van der Waals surface area contributed by atoms with Gasteiger partial charge in [0.15, 0.2) is 0 Å². The Morgan fingerprint density at radius 2 is 2.03 bits per heavy atom. The van der Waals surface area contributed by atoms with Gasteiger partial charge < -0.3 is 14.6 Å². The lowest BCUT2D eigenvalue weighted by atomic mass is 10.0. The largest absolute Gasteiger partial charge is 0.495 e. The van der Waals surface area contributed by atoms with Crippen molar-refractivity contribution in [3.05, 3.63) is 62.4 Å². The molecule has 1 saturated carbocycles. The number of benzene rings is 1. The minimum atomic E-state index is -0.825. The van der Waals surface area contributed by atoms with Crippen molar-refractivity contribution >= 4 is 61.6 Å². The van der Waals surface area contributed by atoms with Gasteiger partial charge in [0.1, 0.15) is 23.1 Å². The average Bonchev–Trinajstić information content (AvgIpc) is 3.33. The van der Waals surface area contributed by atoms with Gasteiger partial charge in [-0.25, -0.2) is 4.79 Å². The Kier molecular flexibility index (Phi) is 6.62.